The van der Waals surface area contributed by atoms with Gasteiger partial charge in [-0.05, 0) is 56.8 Å². The number of benzene rings is 2. The molecule has 2 N–H and O–H groups in total. The number of aryl methyl sites for hydroxylation is 1. The fourth-order valence-corrected chi connectivity index (χ4v) is 2.69. The molecule has 4 nitrogen and oxygen atoms in total. The lowest BCUT2D eigenvalue weighted by Crippen LogP contribution is -2.36. The molecular weight excluding hydrogens is 454 g/mol. The normalized spacial score (nSPS) is 11.3. The van der Waals surface area contributed by atoms with Crippen molar-refractivity contribution >= 4 is 29.9 Å². The summed E-state index contributed by atoms with van der Waals surface area (Å²) in [6, 6.07) is 13.5. The first-order chi connectivity index (χ1) is 12.5. The Morgan fingerprint density at radius 1 is 1.07 bits per heavy atom. The molecular formula is C21H30FIN4. The van der Waals surface area contributed by atoms with Crippen LogP contribution in [-0.4, -0.2) is 31.5 Å². The van der Waals surface area contributed by atoms with E-state index >= 15 is 0 Å². The molecule has 6 heteroatoms. The summed E-state index contributed by atoms with van der Waals surface area (Å²) in [5.41, 5.74) is 4.19. The second-order valence-corrected chi connectivity index (χ2v) is 6.64. The molecule has 2 aromatic carbocycles. The van der Waals surface area contributed by atoms with Crippen LogP contribution in [0.3, 0.4) is 0 Å². The van der Waals surface area contributed by atoms with E-state index in [-0.39, 0.29) is 29.8 Å². The van der Waals surface area contributed by atoms with Crippen molar-refractivity contribution < 1.29 is 4.39 Å². The Morgan fingerprint density at radius 2 is 1.81 bits per heavy atom. The summed E-state index contributed by atoms with van der Waals surface area (Å²) in [4.78, 5) is 6.59. The Labute approximate surface area is 179 Å². The van der Waals surface area contributed by atoms with Crippen LogP contribution in [0, 0.1) is 12.7 Å². The van der Waals surface area contributed by atoms with Crippen molar-refractivity contribution in [2.75, 3.05) is 20.6 Å². The number of guanidine groups is 1. The zero-order chi connectivity index (χ0) is 18.9. The molecule has 148 valence electrons. The van der Waals surface area contributed by atoms with Crippen LogP contribution < -0.4 is 10.6 Å². The van der Waals surface area contributed by atoms with Gasteiger partial charge in [-0.2, -0.15) is 0 Å². The molecule has 0 spiro atoms. The van der Waals surface area contributed by atoms with Crippen molar-refractivity contribution in [3.05, 3.63) is 70.5 Å². The Balaban J connectivity index is 0.00000364. The predicted octanol–water partition coefficient (Wildman–Crippen LogP) is 4.07. The minimum atomic E-state index is -0.170. The summed E-state index contributed by atoms with van der Waals surface area (Å²) in [6.45, 7) is 6.73. The number of hydrogen-bond acceptors (Lipinski definition) is 2. The van der Waals surface area contributed by atoms with Gasteiger partial charge in [0.05, 0.1) is 6.54 Å². The van der Waals surface area contributed by atoms with Gasteiger partial charge in [0, 0.05) is 25.2 Å². The quantitative estimate of drug-likeness (QED) is 0.354. The van der Waals surface area contributed by atoms with E-state index in [1.807, 2.05) is 44.1 Å². The van der Waals surface area contributed by atoms with Crippen LogP contribution in [0.5, 0.6) is 0 Å². The van der Waals surface area contributed by atoms with Crippen LogP contribution in [0.15, 0.2) is 47.5 Å². The molecule has 0 bridgehead atoms. The van der Waals surface area contributed by atoms with Crippen molar-refractivity contribution in [3.8, 4) is 0 Å². The monoisotopic (exact) mass is 484 g/mol. The molecule has 0 aromatic heterocycles. The van der Waals surface area contributed by atoms with Crippen LogP contribution in [0.2, 0.25) is 0 Å². The second-order valence-electron chi connectivity index (χ2n) is 6.64. The van der Waals surface area contributed by atoms with E-state index in [2.05, 4.69) is 34.7 Å². The van der Waals surface area contributed by atoms with Gasteiger partial charge in [-0.1, -0.05) is 30.3 Å². The fourth-order valence-electron chi connectivity index (χ4n) is 2.69. The summed E-state index contributed by atoms with van der Waals surface area (Å²) in [5, 5.41) is 6.62. The van der Waals surface area contributed by atoms with E-state index in [0.29, 0.717) is 25.2 Å². The third-order valence-corrected chi connectivity index (χ3v) is 4.07. The molecule has 0 aliphatic heterocycles. The Hall–Kier alpha value is -1.67. The molecule has 0 saturated carbocycles. The van der Waals surface area contributed by atoms with Gasteiger partial charge >= 0.3 is 0 Å². The number of halogens is 2. The summed E-state index contributed by atoms with van der Waals surface area (Å²) in [5.74, 6) is 0.588. The van der Waals surface area contributed by atoms with Gasteiger partial charge in [0.15, 0.2) is 5.96 Å². The Morgan fingerprint density at radius 3 is 2.48 bits per heavy atom. The summed E-state index contributed by atoms with van der Waals surface area (Å²) < 4.78 is 13.9. The maximum absolute atomic E-state index is 13.9. The molecule has 0 heterocycles. The highest BCUT2D eigenvalue weighted by Crippen LogP contribution is 2.13. The lowest BCUT2D eigenvalue weighted by Gasteiger charge is -2.14. The minimum absolute atomic E-state index is 0. The molecule has 0 amide bonds. The lowest BCUT2D eigenvalue weighted by molar-refractivity contribution is 0.392. The van der Waals surface area contributed by atoms with Crippen molar-refractivity contribution in [2.24, 2.45) is 4.99 Å². The van der Waals surface area contributed by atoms with Crippen LogP contribution in [0.4, 0.5) is 4.39 Å². The first kappa shape index (κ1) is 23.4. The van der Waals surface area contributed by atoms with Gasteiger partial charge in [-0.25, -0.2) is 9.38 Å². The summed E-state index contributed by atoms with van der Waals surface area (Å²) in [6.07, 6.45) is 0. The molecule has 0 atom stereocenters. The summed E-state index contributed by atoms with van der Waals surface area (Å²) in [7, 11) is 3.87. The van der Waals surface area contributed by atoms with E-state index in [4.69, 9.17) is 0 Å². The van der Waals surface area contributed by atoms with E-state index in [0.717, 1.165) is 18.1 Å². The van der Waals surface area contributed by atoms with Crippen molar-refractivity contribution in [1.29, 1.82) is 0 Å². The number of aliphatic imine (C=N–C) groups is 1. The fraction of sp³-hybridized carbons (Fsp3) is 0.381. The third-order valence-electron chi connectivity index (χ3n) is 4.07. The third kappa shape index (κ3) is 7.84. The maximum Gasteiger partial charge on any atom is 0.191 e. The molecule has 0 fully saturated rings. The molecule has 2 aromatic rings. The standard InChI is InChI=1S/C21H29FN4.HI/c1-5-23-21(25-14-18-9-7-6-8-16(18)2)24-13-17-10-11-20(22)19(12-17)15-26(3)4;/h6-12H,5,13-15H2,1-4H3,(H2,23,24,25);1H. The van der Waals surface area contributed by atoms with Crippen LogP contribution in [-0.2, 0) is 19.6 Å². The Bertz CT molecular complexity index is 747. The van der Waals surface area contributed by atoms with Gasteiger partial charge in [-0.15, -0.1) is 24.0 Å². The zero-order valence-corrected chi connectivity index (χ0v) is 18.9. The van der Waals surface area contributed by atoms with E-state index < -0.39 is 0 Å². The molecule has 2 rings (SSSR count). The second kappa shape index (κ2) is 11.9. The minimum Gasteiger partial charge on any atom is -0.357 e. The first-order valence-corrected chi connectivity index (χ1v) is 8.98. The van der Waals surface area contributed by atoms with Gasteiger partial charge in [0.1, 0.15) is 5.82 Å². The largest absolute Gasteiger partial charge is 0.357 e. The van der Waals surface area contributed by atoms with Gasteiger partial charge in [0.2, 0.25) is 0 Å². The van der Waals surface area contributed by atoms with Crippen molar-refractivity contribution in [1.82, 2.24) is 15.5 Å². The van der Waals surface area contributed by atoms with Crippen LogP contribution in [0.25, 0.3) is 0 Å². The number of hydrogen-bond donors (Lipinski definition) is 2. The van der Waals surface area contributed by atoms with Crippen LogP contribution in [0.1, 0.15) is 29.2 Å². The molecule has 27 heavy (non-hydrogen) atoms. The molecule has 0 aliphatic carbocycles. The number of rotatable bonds is 7. The van der Waals surface area contributed by atoms with Gasteiger partial charge < -0.3 is 15.5 Å². The maximum atomic E-state index is 13.9. The highest BCUT2D eigenvalue weighted by molar-refractivity contribution is 14.0. The van der Waals surface area contributed by atoms with E-state index in [1.54, 1.807) is 6.07 Å². The van der Waals surface area contributed by atoms with Gasteiger partial charge in [0.25, 0.3) is 0 Å². The molecule has 0 saturated heterocycles. The molecule has 0 aliphatic rings. The Kier molecular flexibility index (Phi) is 10.3. The average molecular weight is 484 g/mol. The number of nitrogens with zero attached hydrogens (tertiary/aromatic N) is 2. The highest BCUT2D eigenvalue weighted by Gasteiger charge is 2.06. The average Bonchev–Trinajstić information content (AvgIpc) is 2.60. The molecule has 0 unspecified atom stereocenters. The highest BCUT2D eigenvalue weighted by atomic mass is 127. The molecule has 0 radical (unpaired) electrons. The van der Waals surface area contributed by atoms with Gasteiger partial charge in [-0.3, -0.25) is 0 Å². The first-order valence-electron chi connectivity index (χ1n) is 8.98. The zero-order valence-electron chi connectivity index (χ0n) is 16.6. The van der Waals surface area contributed by atoms with Crippen molar-refractivity contribution in [3.63, 3.8) is 0 Å². The van der Waals surface area contributed by atoms with E-state index in [1.165, 1.54) is 17.2 Å². The van der Waals surface area contributed by atoms with Crippen molar-refractivity contribution in [2.45, 2.75) is 33.5 Å². The number of nitrogens with one attached hydrogen (secondary N) is 2. The van der Waals surface area contributed by atoms with E-state index in [9.17, 15) is 4.39 Å². The smallest absolute Gasteiger partial charge is 0.191 e. The predicted molar refractivity (Wildman–Crippen MR) is 122 cm³/mol. The van der Waals surface area contributed by atoms with Crippen LogP contribution >= 0.6 is 24.0 Å². The summed E-state index contributed by atoms with van der Waals surface area (Å²) >= 11 is 0. The topological polar surface area (TPSA) is 39.7 Å². The SMILES string of the molecule is CCNC(=NCc1ccc(F)c(CN(C)C)c1)NCc1ccccc1C.I. The lowest BCUT2D eigenvalue weighted by atomic mass is 10.1.